The Morgan fingerprint density at radius 2 is 0.790 bits per heavy atom. The lowest BCUT2D eigenvalue weighted by molar-refractivity contribution is -0.870. The van der Waals surface area contributed by atoms with Gasteiger partial charge >= 0.3 is 5.97 Å². The van der Waals surface area contributed by atoms with Crippen molar-refractivity contribution in [3.63, 3.8) is 0 Å². The first kappa shape index (κ1) is 77.4. The first-order valence-corrected chi connectivity index (χ1v) is 34.3. The average molecular weight is 1150 g/mol. The monoisotopic (exact) mass is 1150 g/mol. The fourth-order valence-corrected chi connectivity index (χ4v) is 9.55. The van der Waals surface area contributed by atoms with Gasteiger partial charge in [0.1, 0.15) is 19.3 Å². The summed E-state index contributed by atoms with van der Waals surface area (Å²) >= 11 is 0. The molecular weight excluding hydrogens is 1020 g/mol. The highest BCUT2D eigenvalue weighted by Gasteiger charge is 2.27. The van der Waals surface area contributed by atoms with Gasteiger partial charge < -0.3 is 28.5 Å². The smallest absolute Gasteiger partial charge is 0.306 e. The minimum absolute atomic E-state index is 0.0340. The number of nitrogens with zero attached hydrogens (tertiary/aromatic N) is 1. The zero-order valence-corrected chi connectivity index (χ0v) is 53.8. The van der Waals surface area contributed by atoms with E-state index in [2.05, 4.69) is 135 Å². The maximum atomic E-state index is 13.6. The van der Waals surface area contributed by atoms with Crippen LogP contribution in [0.1, 0.15) is 265 Å². The van der Waals surface area contributed by atoms with Crippen molar-refractivity contribution in [1.29, 1.82) is 0 Å². The van der Waals surface area contributed by atoms with E-state index in [-0.39, 0.29) is 24.9 Å². The molecule has 0 radical (unpaired) electrons. The molecule has 0 rings (SSSR count). The second-order valence-electron chi connectivity index (χ2n) is 22.9. The number of amides is 1. The lowest BCUT2D eigenvalue weighted by Gasteiger charge is -2.30. The molecule has 81 heavy (non-hydrogen) atoms. The summed E-state index contributed by atoms with van der Waals surface area (Å²) in [5.41, 5.74) is 0. The van der Waals surface area contributed by atoms with Crippen LogP contribution in [-0.2, 0) is 27.9 Å². The van der Waals surface area contributed by atoms with E-state index in [1.54, 1.807) is 0 Å². The van der Waals surface area contributed by atoms with Crippen molar-refractivity contribution in [1.82, 2.24) is 5.32 Å². The minimum atomic E-state index is -4.72. The Morgan fingerprint density at radius 3 is 1.21 bits per heavy atom. The second kappa shape index (κ2) is 59.6. The van der Waals surface area contributed by atoms with Crippen molar-refractivity contribution in [2.75, 3.05) is 40.9 Å². The van der Waals surface area contributed by atoms with Crippen molar-refractivity contribution in [2.45, 2.75) is 277 Å². The Labute approximate surface area is 499 Å². The second-order valence-corrected chi connectivity index (χ2v) is 24.3. The first-order valence-electron chi connectivity index (χ1n) is 32.8. The number of phosphoric acid groups is 1. The molecule has 0 aliphatic carbocycles. The topological polar surface area (TPSA) is 114 Å². The third-order valence-corrected chi connectivity index (χ3v) is 14.8. The lowest BCUT2D eigenvalue weighted by atomic mass is 10.0. The van der Waals surface area contributed by atoms with Crippen molar-refractivity contribution >= 4 is 19.7 Å². The van der Waals surface area contributed by atoms with Gasteiger partial charge in [-0.3, -0.25) is 14.2 Å². The number of hydrogen-bond donors (Lipinski definition) is 1. The number of carbonyl (C=O) groups is 2. The summed E-state index contributed by atoms with van der Waals surface area (Å²) in [5.74, 6) is -0.582. The quantitative estimate of drug-likeness (QED) is 0.0212. The zero-order chi connectivity index (χ0) is 59.3. The van der Waals surface area contributed by atoms with Crippen molar-refractivity contribution in [3.05, 3.63) is 122 Å². The molecule has 1 N–H and O–H groups in total. The van der Waals surface area contributed by atoms with Crippen LogP contribution in [0.25, 0.3) is 0 Å². The van der Waals surface area contributed by atoms with Crippen LogP contribution in [0.15, 0.2) is 122 Å². The van der Waals surface area contributed by atoms with Gasteiger partial charge in [0.05, 0.1) is 33.8 Å². The first-order chi connectivity index (χ1) is 39.4. The maximum absolute atomic E-state index is 13.6. The van der Waals surface area contributed by atoms with Gasteiger partial charge in [-0.25, -0.2) is 0 Å². The number of ether oxygens (including phenoxy) is 1. The van der Waals surface area contributed by atoms with Crippen LogP contribution >= 0.6 is 7.82 Å². The number of allylic oxidation sites excluding steroid dienone is 19. The maximum Gasteiger partial charge on any atom is 0.306 e. The van der Waals surface area contributed by atoms with Gasteiger partial charge in [0.15, 0.2) is 0 Å². The lowest BCUT2D eigenvalue weighted by Crippen LogP contribution is -2.47. The number of nitrogens with one attached hydrogen (secondary N) is 1. The fourth-order valence-electron chi connectivity index (χ4n) is 8.83. The van der Waals surface area contributed by atoms with Gasteiger partial charge in [0.25, 0.3) is 7.82 Å². The van der Waals surface area contributed by atoms with Crippen LogP contribution in [0.4, 0.5) is 0 Å². The molecule has 464 valence electrons. The van der Waals surface area contributed by atoms with Gasteiger partial charge in [-0.2, -0.15) is 0 Å². The number of likely N-dealkylation sites (N-methyl/N-ethyl adjacent to an activating group) is 1. The van der Waals surface area contributed by atoms with Gasteiger partial charge in [0.2, 0.25) is 5.91 Å². The van der Waals surface area contributed by atoms with Crippen LogP contribution < -0.4 is 10.2 Å². The molecule has 0 aliphatic heterocycles. The van der Waals surface area contributed by atoms with E-state index in [0.29, 0.717) is 23.9 Å². The normalized spacial score (nSPS) is 14.4. The minimum Gasteiger partial charge on any atom is -0.756 e. The molecule has 1 amide bonds. The van der Waals surface area contributed by atoms with Gasteiger partial charge in [-0.05, 0) is 122 Å². The van der Waals surface area contributed by atoms with Crippen LogP contribution in [-0.4, -0.2) is 69.4 Å². The molecule has 0 spiro atoms. The Balaban J connectivity index is 5.15. The summed E-state index contributed by atoms with van der Waals surface area (Å²) < 4.78 is 30.3. The molecule has 0 aromatic carbocycles. The van der Waals surface area contributed by atoms with Crippen molar-refractivity contribution < 1.29 is 37.3 Å². The molecule has 0 aromatic heterocycles. The summed E-state index contributed by atoms with van der Waals surface area (Å²) in [6, 6.07) is -0.911. The van der Waals surface area contributed by atoms with Gasteiger partial charge in [0, 0.05) is 12.8 Å². The molecule has 0 bridgehead atoms. The highest BCUT2D eigenvalue weighted by atomic mass is 31.2. The van der Waals surface area contributed by atoms with Gasteiger partial charge in [-0.15, -0.1) is 0 Å². The number of quaternary nitrogens is 1. The number of hydrogen-bond acceptors (Lipinski definition) is 7. The number of phosphoric ester groups is 1. The van der Waals surface area contributed by atoms with Crippen LogP contribution in [0, 0.1) is 0 Å². The zero-order valence-electron chi connectivity index (χ0n) is 52.9. The standard InChI is InChI=1S/C71H123N2O7P/c1-7-10-13-16-19-22-25-27-29-31-32-33-34-35-36-37-38-39-40-42-43-45-48-51-54-57-60-63-70(74)72-68(67-79-81(76,77)78-66-65-73(4,5)6)69(62-59-56-53-50-47-24-21-18-15-12-9-3)80-71(75)64-61-58-55-52-49-46-44-41-30-28-26-23-20-17-14-11-8-2/h10,13,19-20,22-23,27-30,32-33,35-36,38-39,44,46,59,62,68-69H,7-9,11-12,14-18,21,24-26,31,34,37,40-43,45,47-58,60-61,63-67H2,1-6H3,(H-,72,74,76,77)/b13-10-,22-19-,23-20-,29-27-,30-28-,33-32-,36-35-,39-38-,46-44-,62-59-. The molecule has 0 fully saturated rings. The van der Waals surface area contributed by atoms with Crippen molar-refractivity contribution in [2.24, 2.45) is 0 Å². The Hall–Kier alpha value is -3.59. The molecule has 0 saturated heterocycles. The molecule has 9 nitrogen and oxygen atoms in total. The van der Waals surface area contributed by atoms with E-state index in [0.717, 1.165) is 128 Å². The molecule has 0 saturated carbocycles. The van der Waals surface area contributed by atoms with Crippen LogP contribution in [0.5, 0.6) is 0 Å². The van der Waals surface area contributed by atoms with E-state index >= 15 is 0 Å². The van der Waals surface area contributed by atoms with E-state index in [9.17, 15) is 19.0 Å². The summed E-state index contributed by atoms with van der Waals surface area (Å²) in [5, 5.41) is 3.02. The summed E-state index contributed by atoms with van der Waals surface area (Å²) in [7, 11) is 1.15. The molecular formula is C71H123N2O7P. The Bertz CT molecular complexity index is 1800. The number of carbonyl (C=O) groups excluding carboxylic acids is 2. The summed E-state index contributed by atoms with van der Waals surface area (Å²) in [4.78, 5) is 40.0. The third-order valence-electron chi connectivity index (χ3n) is 13.9. The highest BCUT2D eigenvalue weighted by molar-refractivity contribution is 7.45. The number of unbranched alkanes of at least 4 members (excludes halogenated alkanes) is 24. The van der Waals surface area contributed by atoms with Crippen molar-refractivity contribution in [3.8, 4) is 0 Å². The van der Waals surface area contributed by atoms with E-state index in [1.807, 2.05) is 33.3 Å². The predicted octanol–water partition coefficient (Wildman–Crippen LogP) is 20.0. The largest absolute Gasteiger partial charge is 0.756 e. The third kappa shape index (κ3) is 60.8. The van der Waals surface area contributed by atoms with E-state index < -0.39 is 26.6 Å². The fraction of sp³-hybridized carbons (Fsp3) is 0.690. The Kier molecular flexibility index (Phi) is 56.9. The van der Waals surface area contributed by atoms with Crippen LogP contribution in [0.3, 0.4) is 0 Å². The number of rotatable bonds is 58. The highest BCUT2D eigenvalue weighted by Crippen LogP contribution is 2.38. The SMILES string of the molecule is CC/C=C\C/C=C\C/C=C\C/C=C\C/C=C\C/C=C\CCCCCCCCCCC(=O)NC(COP(=O)([O-])OCC[N+](C)(C)C)C(/C=C\CCCCCCCCCCC)OC(=O)CCCCCC/C=C\C/C=C\C/C=C\CCCCC. The Morgan fingerprint density at radius 1 is 0.444 bits per heavy atom. The predicted molar refractivity (Wildman–Crippen MR) is 348 cm³/mol. The molecule has 0 heterocycles. The number of esters is 1. The summed E-state index contributed by atoms with van der Waals surface area (Å²) in [6.45, 7) is 6.66. The van der Waals surface area contributed by atoms with E-state index in [1.165, 1.54) is 96.3 Å². The van der Waals surface area contributed by atoms with Gasteiger partial charge in [-0.1, -0.05) is 252 Å². The van der Waals surface area contributed by atoms with E-state index in [4.69, 9.17) is 13.8 Å². The molecule has 10 heteroatoms. The summed E-state index contributed by atoms with van der Waals surface area (Å²) in [6.07, 6.45) is 83.1. The molecule has 3 atom stereocenters. The molecule has 0 aromatic rings. The van der Waals surface area contributed by atoms with Crippen LogP contribution in [0.2, 0.25) is 0 Å². The molecule has 3 unspecified atom stereocenters. The average Bonchev–Trinajstić information content (AvgIpc) is 3.43. The molecule has 0 aliphatic rings.